The van der Waals surface area contributed by atoms with Crippen molar-refractivity contribution in [3.05, 3.63) is 20.3 Å². The molecule has 2 atom stereocenters. The van der Waals surface area contributed by atoms with Gasteiger partial charge in [0.2, 0.25) is 0 Å². The van der Waals surface area contributed by atoms with Gasteiger partial charge in [0.25, 0.3) is 0 Å². The summed E-state index contributed by atoms with van der Waals surface area (Å²) in [5, 5.41) is 0. The molecular formula is C10H14Br2S. The van der Waals surface area contributed by atoms with Crippen LogP contribution in [0.1, 0.15) is 35.5 Å². The van der Waals surface area contributed by atoms with Gasteiger partial charge in [-0.1, -0.05) is 36.2 Å². The van der Waals surface area contributed by atoms with Gasteiger partial charge in [0.1, 0.15) is 0 Å². The van der Waals surface area contributed by atoms with Crippen LogP contribution in [0.15, 0.2) is 9.85 Å². The van der Waals surface area contributed by atoms with Crippen molar-refractivity contribution in [1.82, 2.24) is 0 Å². The highest BCUT2D eigenvalue weighted by Gasteiger charge is 2.17. The van der Waals surface area contributed by atoms with Crippen LogP contribution < -0.4 is 0 Å². The lowest BCUT2D eigenvalue weighted by Gasteiger charge is -2.14. The van der Waals surface area contributed by atoms with E-state index >= 15 is 0 Å². The van der Waals surface area contributed by atoms with Crippen molar-refractivity contribution < 1.29 is 0 Å². The Kier molecular flexibility index (Phi) is 4.46. The standard InChI is InChI=1S/C10H14Br2S/c1-4-6(2)9(11)8-5-7(3)10(12)13-8/h5-6,9H,4H2,1-3H3. The van der Waals surface area contributed by atoms with E-state index in [1.54, 1.807) is 0 Å². The van der Waals surface area contributed by atoms with Crippen LogP contribution in [0.25, 0.3) is 0 Å². The van der Waals surface area contributed by atoms with Crippen molar-refractivity contribution in [3.63, 3.8) is 0 Å². The van der Waals surface area contributed by atoms with Gasteiger partial charge in [-0.15, -0.1) is 11.3 Å². The highest BCUT2D eigenvalue weighted by atomic mass is 79.9. The van der Waals surface area contributed by atoms with Gasteiger partial charge in [0, 0.05) is 4.88 Å². The van der Waals surface area contributed by atoms with Gasteiger partial charge in [-0.3, -0.25) is 0 Å². The van der Waals surface area contributed by atoms with E-state index in [1.807, 2.05) is 11.3 Å². The maximum Gasteiger partial charge on any atom is 0.0730 e. The van der Waals surface area contributed by atoms with Gasteiger partial charge in [0.15, 0.2) is 0 Å². The smallest absolute Gasteiger partial charge is 0.0730 e. The number of thiophene rings is 1. The number of hydrogen-bond acceptors (Lipinski definition) is 1. The van der Waals surface area contributed by atoms with Crippen molar-refractivity contribution in [1.29, 1.82) is 0 Å². The van der Waals surface area contributed by atoms with Crippen LogP contribution in [-0.4, -0.2) is 0 Å². The number of hydrogen-bond donors (Lipinski definition) is 0. The maximum atomic E-state index is 3.75. The average Bonchev–Trinajstić information content (AvgIpc) is 2.44. The molecule has 1 aromatic heterocycles. The summed E-state index contributed by atoms with van der Waals surface area (Å²) in [6.07, 6.45) is 1.21. The van der Waals surface area contributed by atoms with E-state index in [4.69, 9.17) is 0 Å². The lowest BCUT2D eigenvalue weighted by atomic mass is 10.0. The highest BCUT2D eigenvalue weighted by molar-refractivity contribution is 9.11. The second-order valence-corrected chi connectivity index (χ2v) is 6.78. The summed E-state index contributed by atoms with van der Waals surface area (Å²) in [6.45, 7) is 6.65. The SMILES string of the molecule is CCC(C)C(Br)c1cc(C)c(Br)s1. The van der Waals surface area contributed by atoms with Crippen molar-refractivity contribution in [2.45, 2.75) is 32.0 Å². The molecule has 0 saturated heterocycles. The van der Waals surface area contributed by atoms with E-state index in [1.165, 1.54) is 20.6 Å². The lowest BCUT2D eigenvalue weighted by molar-refractivity contribution is 0.560. The molecule has 0 aliphatic rings. The first kappa shape index (κ1) is 11.7. The summed E-state index contributed by atoms with van der Waals surface area (Å²) in [6, 6.07) is 2.26. The Balaban J connectivity index is 2.82. The third-order valence-electron chi connectivity index (χ3n) is 2.29. The zero-order valence-corrected chi connectivity index (χ0v) is 12.1. The third-order valence-corrected chi connectivity index (χ3v) is 6.21. The monoisotopic (exact) mass is 324 g/mol. The van der Waals surface area contributed by atoms with Crippen molar-refractivity contribution >= 4 is 43.2 Å². The second-order valence-electron chi connectivity index (χ2n) is 3.39. The average molecular weight is 326 g/mol. The fraction of sp³-hybridized carbons (Fsp3) is 0.600. The Morgan fingerprint density at radius 2 is 2.15 bits per heavy atom. The molecule has 1 rings (SSSR count). The molecule has 0 bridgehead atoms. The molecule has 0 nitrogen and oxygen atoms in total. The predicted octanol–water partition coefficient (Wildman–Crippen LogP) is 5.30. The predicted molar refractivity (Wildman–Crippen MR) is 67.9 cm³/mol. The summed E-state index contributed by atoms with van der Waals surface area (Å²) in [5.74, 6) is 0.699. The van der Waals surface area contributed by atoms with Crippen LogP contribution in [0.2, 0.25) is 0 Å². The van der Waals surface area contributed by atoms with E-state index in [9.17, 15) is 0 Å². The molecule has 0 saturated carbocycles. The van der Waals surface area contributed by atoms with Gasteiger partial charge in [-0.25, -0.2) is 0 Å². The van der Waals surface area contributed by atoms with Crippen molar-refractivity contribution in [3.8, 4) is 0 Å². The summed E-state index contributed by atoms with van der Waals surface area (Å²) in [7, 11) is 0. The van der Waals surface area contributed by atoms with E-state index in [0.29, 0.717) is 10.7 Å². The molecule has 0 aromatic carbocycles. The minimum absolute atomic E-state index is 0.507. The molecule has 2 unspecified atom stereocenters. The van der Waals surface area contributed by atoms with E-state index in [0.717, 1.165) is 0 Å². The van der Waals surface area contributed by atoms with Crippen LogP contribution >= 0.6 is 43.2 Å². The molecule has 1 aromatic rings. The fourth-order valence-electron chi connectivity index (χ4n) is 1.11. The molecule has 74 valence electrons. The first-order valence-electron chi connectivity index (χ1n) is 4.46. The minimum Gasteiger partial charge on any atom is -0.132 e. The quantitative estimate of drug-likeness (QED) is 0.661. The summed E-state index contributed by atoms with van der Waals surface area (Å²) in [5.41, 5.74) is 1.34. The fourth-order valence-corrected chi connectivity index (χ4v) is 3.58. The van der Waals surface area contributed by atoms with Gasteiger partial charge in [0.05, 0.1) is 8.61 Å². The van der Waals surface area contributed by atoms with Gasteiger partial charge < -0.3 is 0 Å². The largest absolute Gasteiger partial charge is 0.132 e. The molecule has 0 aliphatic heterocycles. The van der Waals surface area contributed by atoms with Gasteiger partial charge in [-0.05, 0) is 40.4 Å². The van der Waals surface area contributed by atoms with Crippen LogP contribution in [0.5, 0.6) is 0 Å². The topological polar surface area (TPSA) is 0 Å². The van der Waals surface area contributed by atoms with E-state index in [2.05, 4.69) is 58.7 Å². The van der Waals surface area contributed by atoms with Crippen molar-refractivity contribution in [2.75, 3.05) is 0 Å². The van der Waals surface area contributed by atoms with E-state index in [-0.39, 0.29) is 0 Å². The van der Waals surface area contributed by atoms with Gasteiger partial charge >= 0.3 is 0 Å². The van der Waals surface area contributed by atoms with E-state index < -0.39 is 0 Å². The number of aryl methyl sites for hydroxylation is 1. The summed E-state index contributed by atoms with van der Waals surface area (Å²) >= 11 is 9.14. The molecular weight excluding hydrogens is 312 g/mol. The number of rotatable bonds is 3. The van der Waals surface area contributed by atoms with Gasteiger partial charge in [-0.2, -0.15) is 0 Å². The first-order valence-corrected chi connectivity index (χ1v) is 6.98. The molecule has 0 fully saturated rings. The number of halogens is 2. The Morgan fingerprint density at radius 1 is 1.54 bits per heavy atom. The van der Waals surface area contributed by atoms with Crippen LogP contribution in [-0.2, 0) is 0 Å². The highest BCUT2D eigenvalue weighted by Crippen LogP contribution is 2.40. The minimum atomic E-state index is 0.507. The lowest BCUT2D eigenvalue weighted by Crippen LogP contribution is -1.99. The zero-order chi connectivity index (χ0) is 10.0. The summed E-state index contributed by atoms with van der Waals surface area (Å²) in [4.78, 5) is 1.94. The third kappa shape index (κ3) is 2.80. The Hall–Kier alpha value is 0.660. The molecule has 0 N–H and O–H groups in total. The molecule has 0 aliphatic carbocycles. The molecule has 0 radical (unpaired) electrons. The Morgan fingerprint density at radius 3 is 2.54 bits per heavy atom. The maximum absolute atomic E-state index is 3.75. The summed E-state index contributed by atoms with van der Waals surface area (Å²) < 4.78 is 1.26. The molecule has 0 amide bonds. The zero-order valence-electron chi connectivity index (χ0n) is 8.10. The van der Waals surface area contributed by atoms with Crippen molar-refractivity contribution in [2.24, 2.45) is 5.92 Å². The Bertz CT molecular complexity index is 261. The normalized spacial score (nSPS) is 15.8. The molecule has 0 spiro atoms. The second kappa shape index (κ2) is 4.94. The molecule has 3 heteroatoms. The molecule has 1 heterocycles. The number of alkyl halides is 1. The molecule has 13 heavy (non-hydrogen) atoms. The first-order chi connectivity index (χ1) is 6.06. The van der Waals surface area contributed by atoms with Crippen LogP contribution in [0.4, 0.5) is 0 Å². The Labute approximate surface area is 101 Å². The van der Waals surface area contributed by atoms with Crippen LogP contribution in [0, 0.1) is 12.8 Å². The van der Waals surface area contributed by atoms with Crippen LogP contribution in [0.3, 0.4) is 0 Å².